The maximum Gasteiger partial charge on any atom is 0.238 e. The highest BCUT2D eigenvalue weighted by atomic mass is 16.2. The zero-order valence-corrected chi connectivity index (χ0v) is 20.4. The lowest BCUT2D eigenvalue weighted by atomic mass is 10.1. The van der Waals surface area contributed by atoms with Gasteiger partial charge in [-0.15, -0.1) is 0 Å². The molecule has 5 aromatic heterocycles. The number of nitrogens with zero attached hydrogens (tertiary/aromatic N) is 5. The summed E-state index contributed by atoms with van der Waals surface area (Å²) in [4.78, 5) is 30.9. The van der Waals surface area contributed by atoms with E-state index in [1.165, 1.54) is 0 Å². The number of hydrogen-bond acceptors (Lipinski definition) is 6. The van der Waals surface area contributed by atoms with Crippen LogP contribution in [0.15, 0.2) is 79.4 Å². The molecule has 6 rings (SSSR count). The lowest BCUT2D eigenvalue weighted by Gasteiger charge is -2.10. The summed E-state index contributed by atoms with van der Waals surface area (Å²) in [5, 5.41) is 12.4. The number of hydrogen-bond donors (Lipinski definition) is 3. The normalized spacial score (nSPS) is 11.4. The molecule has 0 bridgehead atoms. The SMILES string of the molecule is CN(C)CC(=O)Nc1cncc(-c2cnc3n[nH]c(-c4cc5c(-c6ccccn6)cccc5[nH]4)c3c2)c1. The molecule has 1 amide bonds. The van der Waals surface area contributed by atoms with Crippen molar-refractivity contribution in [1.82, 2.24) is 35.0 Å². The van der Waals surface area contributed by atoms with Crippen molar-refractivity contribution in [1.29, 1.82) is 0 Å². The molecule has 0 spiro atoms. The first-order valence-electron chi connectivity index (χ1n) is 11.8. The Morgan fingerprint density at radius 3 is 2.68 bits per heavy atom. The summed E-state index contributed by atoms with van der Waals surface area (Å²) < 4.78 is 0. The standard InChI is InChI=1S/C28H24N8O/c1-36(2)16-26(37)32-19-10-17(13-29-15-19)18-11-22-27(34-35-28(22)31-14-18)25-12-21-20(6-5-8-24(21)33-25)23-7-3-4-9-30-23/h3-15,33H,16H2,1-2H3,(H,32,37)(H,31,34,35). The van der Waals surface area contributed by atoms with Gasteiger partial charge in [-0.05, 0) is 50.5 Å². The van der Waals surface area contributed by atoms with Crippen molar-refractivity contribution in [3.63, 3.8) is 0 Å². The zero-order valence-electron chi connectivity index (χ0n) is 20.4. The average molecular weight is 489 g/mol. The Balaban J connectivity index is 1.38. The van der Waals surface area contributed by atoms with Gasteiger partial charge in [0.2, 0.25) is 5.91 Å². The number of aromatic amines is 2. The molecule has 0 radical (unpaired) electrons. The van der Waals surface area contributed by atoms with E-state index in [1.54, 1.807) is 24.8 Å². The molecule has 0 fully saturated rings. The first-order chi connectivity index (χ1) is 18.0. The van der Waals surface area contributed by atoms with Gasteiger partial charge >= 0.3 is 0 Å². The third kappa shape index (κ3) is 4.43. The number of benzene rings is 1. The van der Waals surface area contributed by atoms with Crippen LogP contribution in [0.3, 0.4) is 0 Å². The van der Waals surface area contributed by atoms with E-state index in [4.69, 9.17) is 0 Å². The van der Waals surface area contributed by atoms with Crippen molar-refractivity contribution >= 4 is 33.5 Å². The molecule has 37 heavy (non-hydrogen) atoms. The minimum Gasteiger partial charge on any atom is -0.353 e. The number of likely N-dealkylation sites (N-methyl/N-ethyl adjacent to an activating group) is 1. The Bertz CT molecular complexity index is 1740. The van der Waals surface area contributed by atoms with E-state index in [9.17, 15) is 4.79 Å². The molecule has 0 saturated heterocycles. The number of nitrogens with one attached hydrogen (secondary N) is 3. The topological polar surface area (TPSA) is 115 Å². The summed E-state index contributed by atoms with van der Waals surface area (Å²) in [6.45, 7) is 0.294. The second-order valence-corrected chi connectivity index (χ2v) is 9.11. The first kappa shape index (κ1) is 22.6. The van der Waals surface area contributed by atoms with E-state index in [2.05, 4.69) is 53.6 Å². The van der Waals surface area contributed by atoms with Crippen molar-refractivity contribution in [3.8, 4) is 33.8 Å². The molecular weight excluding hydrogens is 464 g/mol. The largest absolute Gasteiger partial charge is 0.353 e. The molecule has 5 heterocycles. The van der Waals surface area contributed by atoms with Crippen LogP contribution in [0.4, 0.5) is 5.69 Å². The minimum absolute atomic E-state index is 0.0986. The maximum atomic E-state index is 12.2. The number of amides is 1. The molecule has 0 aliphatic carbocycles. The summed E-state index contributed by atoms with van der Waals surface area (Å²) in [6.07, 6.45) is 6.96. The Hall–Kier alpha value is -4.89. The molecule has 0 atom stereocenters. The number of carbonyl (C=O) groups excluding carboxylic acids is 1. The molecule has 1 aromatic carbocycles. The number of anilines is 1. The average Bonchev–Trinajstić information content (AvgIpc) is 3.52. The molecular formula is C28H24N8O. The summed E-state index contributed by atoms with van der Waals surface area (Å²) in [5.41, 5.74) is 7.70. The first-order valence-corrected chi connectivity index (χ1v) is 11.8. The molecule has 9 nitrogen and oxygen atoms in total. The second kappa shape index (κ2) is 9.29. The van der Waals surface area contributed by atoms with Crippen LogP contribution in [-0.2, 0) is 4.79 Å². The molecule has 3 N–H and O–H groups in total. The van der Waals surface area contributed by atoms with E-state index < -0.39 is 0 Å². The smallest absolute Gasteiger partial charge is 0.238 e. The van der Waals surface area contributed by atoms with Gasteiger partial charge in [-0.3, -0.25) is 19.9 Å². The fourth-order valence-corrected chi connectivity index (χ4v) is 4.45. The maximum absolute atomic E-state index is 12.2. The molecule has 6 aromatic rings. The highest BCUT2D eigenvalue weighted by molar-refractivity contribution is 6.00. The number of carbonyl (C=O) groups is 1. The number of aromatic nitrogens is 6. The Morgan fingerprint density at radius 1 is 0.946 bits per heavy atom. The summed E-state index contributed by atoms with van der Waals surface area (Å²) in [7, 11) is 3.70. The Kier molecular flexibility index (Phi) is 5.66. The van der Waals surface area contributed by atoms with Crippen LogP contribution in [0.25, 0.3) is 55.7 Å². The second-order valence-electron chi connectivity index (χ2n) is 9.11. The lowest BCUT2D eigenvalue weighted by Crippen LogP contribution is -2.27. The van der Waals surface area contributed by atoms with Crippen LogP contribution in [0.5, 0.6) is 0 Å². The fourth-order valence-electron chi connectivity index (χ4n) is 4.45. The van der Waals surface area contributed by atoms with Gasteiger partial charge in [0.1, 0.15) is 0 Å². The van der Waals surface area contributed by atoms with Crippen molar-refractivity contribution in [3.05, 3.63) is 79.4 Å². The summed E-state index contributed by atoms with van der Waals surface area (Å²) in [6, 6.07) is 18.1. The molecule has 0 saturated carbocycles. The van der Waals surface area contributed by atoms with Gasteiger partial charge < -0.3 is 15.2 Å². The van der Waals surface area contributed by atoms with E-state index in [1.807, 2.05) is 55.4 Å². The number of pyridine rings is 3. The minimum atomic E-state index is -0.0986. The highest BCUT2D eigenvalue weighted by Crippen LogP contribution is 2.34. The van der Waals surface area contributed by atoms with Crippen LogP contribution in [0.1, 0.15) is 0 Å². The predicted molar refractivity (Wildman–Crippen MR) is 145 cm³/mol. The third-order valence-corrected chi connectivity index (χ3v) is 6.10. The number of rotatable bonds is 6. The van der Waals surface area contributed by atoms with E-state index >= 15 is 0 Å². The Labute approximate surface area is 212 Å². The van der Waals surface area contributed by atoms with Gasteiger partial charge in [0, 0.05) is 51.6 Å². The predicted octanol–water partition coefficient (Wildman–Crippen LogP) is 4.73. The van der Waals surface area contributed by atoms with Gasteiger partial charge in [-0.25, -0.2) is 4.98 Å². The van der Waals surface area contributed by atoms with E-state index in [0.29, 0.717) is 17.9 Å². The third-order valence-electron chi connectivity index (χ3n) is 6.10. The van der Waals surface area contributed by atoms with E-state index in [-0.39, 0.29) is 5.91 Å². The molecule has 9 heteroatoms. The van der Waals surface area contributed by atoms with Gasteiger partial charge in [-0.2, -0.15) is 5.10 Å². The Morgan fingerprint density at radius 2 is 1.84 bits per heavy atom. The molecule has 0 aliphatic heterocycles. The molecule has 0 aliphatic rings. The van der Waals surface area contributed by atoms with Gasteiger partial charge in [-0.1, -0.05) is 18.2 Å². The van der Waals surface area contributed by atoms with Gasteiger partial charge in [0.05, 0.1) is 35.5 Å². The highest BCUT2D eigenvalue weighted by Gasteiger charge is 2.15. The van der Waals surface area contributed by atoms with Gasteiger partial charge in [0.25, 0.3) is 0 Å². The van der Waals surface area contributed by atoms with Crippen molar-refractivity contribution in [2.75, 3.05) is 26.0 Å². The van der Waals surface area contributed by atoms with Crippen molar-refractivity contribution < 1.29 is 4.79 Å². The molecule has 182 valence electrons. The van der Waals surface area contributed by atoms with Crippen molar-refractivity contribution in [2.45, 2.75) is 0 Å². The van der Waals surface area contributed by atoms with E-state index in [0.717, 1.165) is 50.1 Å². The van der Waals surface area contributed by atoms with Crippen LogP contribution >= 0.6 is 0 Å². The number of H-pyrrole nitrogens is 2. The molecule has 0 unspecified atom stereocenters. The number of fused-ring (bicyclic) bond motifs is 2. The van der Waals surface area contributed by atoms with Crippen LogP contribution < -0.4 is 5.32 Å². The van der Waals surface area contributed by atoms with Crippen LogP contribution in [-0.4, -0.2) is 61.6 Å². The summed E-state index contributed by atoms with van der Waals surface area (Å²) >= 11 is 0. The fraction of sp³-hybridized carbons (Fsp3) is 0.107. The lowest BCUT2D eigenvalue weighted by molar-refractivity contribution is -0.116. The summed E-state index contributed by atoms with van der Waals surface area (Å²) in [5.74, 6) is -0.0986. The van der Waals surface area contributed by atoms with Gasteiger partial charge in [0.15, 0.2) is 5.65 Å². The monoisotopic (exact) mass is 488 g/mol. The zero-order chi connectivity index (χ0) is 25.4. The quantitative estimate of drug-likeness (QED) is 0.312. The van der Waals surface area contributed by atoms with Crippen LogP contribution in [0, 0.1) is 0 Å². The van der Waals surface area contributed by atoms with Crippen LogP contribution in [0.2, 0.25) is 0 Å². The van der Waals surface area contributed by atoms with Crippen molar-refractivity contribution in [2.24, 2.45) is 0 Å².